The average Bonchev–Trinajstić information content (AvgIpc) is 2.95. The molecule has 0 amide bonds. The summed E-state index contributed by atoms with van der Waals surface area (Å²) in [4.78, 5) is 4.06. The predicted octanol–water partition coefficient (Wildman–Crippen LogP) is 1.76. The maximum absolute atomic E-state index is 6.17. The molecule has 0 radical (unpaired) electrons. The Hall–Kier alpha value is -1.62. The van der Waals surface area contributed by atoms with Crippen molar-refractivity contribution in [2.24, 2.45) is 5.73 Å². The lowest BCUT2D eigenvalue weighted by Gasteiger charge is -2.21. The number of nitrogens with two attached hydrogens (primary N) is 1. The molecule has 2 heterocycles. The van der Waals surface area contributed by atoms with Gasteiger partial charge in [0.1, 0.15) is 0 Å². The van der Waals surface area contributed by atoms with Crippen LogP contribution in [0, 0.1) is 6.92 Å². The van der Waals surface area contributed by atoms with Crippen LogP contribution in [0.2, 0.25) is 0 Å². The molecule has 0 fully saturated rings. The summed E-state index contributed by atoms with van der Waals surface area (Å²) in [6, 6.07) is 2.43. The fraction of sp³-hybridized carbons (Fsp3) is 0.538. The molecule has 2 aromatic heterocycles. The molecule has 3 rings (SSSR count). The van der Waals surface area contributed by atoms with E-state index in [4.69, 9.17) is 10.3 Å². The Morgan fingerprint density at radius 2 is 2.44 bits per heavy atom. The minimum Gasteiger partial charge on any atom is -0.348 e. The first kappa shape index (κ1) is 11.5. The Morgan fingerprint density at radius 1 is 1.56 bits per heavy atom. The molecule has 0 bridgehead atoms. The number of aryl methyl sites for hydroxylation is 2. The second-order valence-electron chi connectivity index (χ2n) is 4.92. The summed E-state index contributed by atoms with van der Waals surface area (Å²) in [5, 5.41) is 3.63. The molecule has 0 saturated heterocycles. The van der Waals surface area contributed by atoms with Crippen molar-refractivity contribution in [2.75, 3.05) is 0 Å². The van der Waals surface area contributed by atoms with Gasteiger partial charge in [-0.05, 0) is 37.8 Å². The van der Waals surface area contributed by atoms with Crippen molar-refractivity contribution in [1.82, 2.24) is 14.7 Å². The Morgan fingerprint density at radius 3 is 3.22 bits per heavy atom. The van der Waals surface area contributed by atoms with Crippen LogP contribution in [0.5, 0.6) is 0 Å². The highest BCUT2D eigenvalue weighted by molar-refractivity contribution is 5.32. The molecule has 1 unspecified atom stereocenters. The van der Waals surface area contributed by atoms with E-state index in [1.165, 1.54) is 29.7 Å². The van der Waals surface area contributed by atoms with E-state index in [2.05, 4.69) is 27.7 Å². The van der Waals surface area contributed by atoms with Gasteiger partial charge in [-0.2, -0.15) is 4.98 Å². The van der Waals surface area contributed by atoms with Crippen molar-refractivity contribution in [3.63, 3.8) is 0 Å². The summed E-state index contributed by atoms with van der Waals surface area (Å²) in [5.41, 5.74) is 10.2. The Bertz CT molecular complexity index is 529. The van der Waals surface area contributed by atoms with Gasteiger partial charge in [-0.1, -0.05) is 5.16 Å². The molecule has 1 atom stereocenters. The number of nitrogens with zero attached hydrogens (tertiary/aromatic N) is 3. The summed E-state index contributed by atoms with van der Waals surface area (Å²) in [6.45, 7) is 3.02. The van der Waals surface area contributed by atoms with E-state index in [0.29, 0.717) is 5.89 Å². The van der Waals surface area contributed by atoms with Gasteiger partial charge in [0.2, 0.25) is 5.89 Å². The zero-order chi connectivity index (χ0) is 12.5. The maximum atomic E-state index is 6.17. The largest absolute Gasteiger partial charge is 0.348 e. The van der Waals surface area contributed by atoms with Gasteiger partial charge in [-0.3, -0.25) is 0 Å². The van der Waals surface area contributed by atoms with Crippen LogP contribution in [-0.4, -0.2) is 14.7 Å². The number of rotatable bonds is 3. The van der Waals surface area contributed by atoms with Crippen LogP contribution < -0.4 is 5.73 Å². The predicted molar refractivity (Wildman–Crippen MR) is 67.0 cm³/mol. The quantitative estimate of drug-likeness (QED) is 0.895. The average molecular weight is 246 g/mol. The van der Waals surface area contributed by atoms with Crippen LogP contribution in [0.1, 0.15) is 41.7 Å². The molecule has 96 valence electrons. The Labute approximate surface area is 106 Å². The number of hydrogen-bond acceptors (Lipinski definition) is 4. The molecule has 0 aromatic carbocycles. The van der Waals surface area contributed by atoms with Gasteiger partial charge in [-0.25, -0.2) is 0 Å². The first-order valence-electron chi connectivity index (χ1n) is 6.45. The smallest absolute Gasteiger partial charge is 0.228 e. The molecule has 2 aromatic rings. The lowest BCUT2D eigenvalue weighted by molar-refractivity contribution is 0.369. The van der Waals surface area contributed by atoms with Gasteiger partial charge < -0.3 is 14.8 Å². The van der Waals surface area contributed by atoms with E-state index in [-0.39, 0.29) is 6.04 Å². The fourth-order valence-corrected chi connectivity index (χ4v) is 2.83. The molecular weight excluding hydrogens is 228 g/mol. The minimum absolute atomic E-state index is 0.206. The van der Waals surface area contributed by atoms with E-state index in [0.717, 1.165) is 25.8 Å². The van der Waals surface area contributed by atoms with Crippen LogP contribution in [0.25, 0.3) is 0 Å². The number of fused-ring (bicyclic) bond motifs is 1. The third kappa shape index (κ3) is 1.95. The Balaban J connectivity index is 1.83. The second-order valence-corrected chi connectivity index (χ2v) is 4.92. The highest BCUT2D eigenvalue weighted by atomic mass is 16.5. The summed E-state index contributed by atoms with van der Waals surface area (Å²) in [7, 11) is 0. The van der Waals surface area contributed by atoms with E-state index in [9.17, 15) is 0 Å². The van der Waals surface area contributed by atoms with Crippen molar-refractivity contribution in [3.05, 3.63) is 35.2 Å². The van der Waals surface area contributed by atoms with Gasteiger partial charge in [0.05, 0.1) is 0 Å². The van der Waals surface area contributed by atoms with Crippen molar-refractivity contribution in [2.45, 2.75) is 45.2 Å². The van der Waals surface area contributed by atoms with Crippen LogP contribution in [0.4, 0.5) is 0 Å². The number of aromatic nitrogens is 3. The molecular formula is C13H18N4O. The van der Waals surface area contributed by atoms with Crippen molar-refractivity contribution in [3.8, 4) is 0 Å². The summed E-state index contributed by atoms with van der Waals surface area (Å²) >= 11 is 0. The van der Waals surface area contributed by atoms with Gasteiger partial charge in [0.25, 0.3) is 0 Å². The summed E-state index contributed by atoms with van der Waals surface area (Å²) in [5.74, 6) is 0.692. The molecule has 18 heavy (non-hydrogen) atoms. The second kappa shape index (κ2) is 4.57. The molecule has 5 heteroatoms. The van der Waals surface area contributed by atoms with Crippen LogP contribution >= 0.6 is 0 Å². The zero-order valence-electron chi connectivity index (χ0n) is 10.6. The first-order chi connectivity index (χ1) is 8.75. The van der Waals surface area contributed by atoms with E-state index >= 15 is 0 Å². The highest BCUT2D eigenvalue weighted by Gasteiger charge is 2.22. The van der Waals surface area contributed by atoms with E-state index < -0.39 is 0 Å². The Kier molecular flexibility index (Phi) is 2.91. The monoisotopic (exact) mass is 246 g/mol. The minimum atomic E-state index is 0.206. The van der Waals surface area contributed by atoms with Crippen LogP contribution in [0.3, 0.4) is 0 Å². The first-order valence-corrected chi connectivity index (χ1v) is 6.45. The number of hydrogen-bond donors (Lipinski definition) is 1. The van der Waals surface area contributed by atoms with Crippen molar-refractivity contribution in [1.29, 1.82) is 0 Å². The van der Waals surface area contributed by atoms with E-state index in [1.54, 1.807) is 0 Å². The van der Waals surface area contributed by atoms with Crippen molar-refractivity contribution >= 4 is 0 Å². The normalized spacial score (nSPS) is 18.9. The molecule has 2 N–H and O–H groups in total. The highest BCUT2D eigenvalue weighted by Crippen LogP contribution is 2.30. The third-order valence-electron chi connectivity index (χ3n) is 3.73. The van der Waals surface area contributed by atoms with Crippen LogP contribution in [-0.2, 0) is 19.4 Å². The summed E-state index contributed by atoms with van der Waals surface area (Å²) < 4.78 is 7.38. The maximum Gasteiger partial charge on any atom is 0.228 e. The van der Waals surface area contributed by atoms with Gasteiger partial charge in [0, 0.05) is 30.4 Å². The molecule has 1 aliphatic rings. The molecule has 0 spiro atoms. The molecule has 1 aliphatic carbocycles. The van der Waals surface area contributed by atoms with Gasteiger partial charge >= 0.3 is 0 Å². The van der Waals surface area contributed by atoms with Gasteiger partial charge in [-0.15, -0.1) is 0 Å². The lowest BCUT2D eigenvalue weighted by Crippen LogP contribution is -2.18. The SMILES string of the molecule is Cc1cc2c(n1CCc1ncno1)CCCC2N. The lowest BCUT2D eigenvalue weighted by atomic mass is 9.93. The topological polar surface area (TPSA) is 69.9 Å². The van der Waals surface area contributed by atoms with Crippen LogP contribution in [0.15, 0.2) is 16.9 Å². The molecule has 0 saturated carbocycles. The van der Waals surface area contributed by atoms with E-state index in [1.807, 2.05) is 0 Å². The summed E-state index contributed by atoms with van der Waals surface area (Å²) in [6.07, 6.45) is 5.62. The zero-order valence-corrected chi connectivity index (χ0v) is 10.6. The third-order valence-corrected chi connectivity index (χ3v) is 3.73. The molecule has 5 nitrogen and oxygen atoms in total. The fourth-order valence-electron chi connectivity index (χ4n) is 2.83. The van der Waals surface area contributed by atoms with Gasteiger partial charge in [0.15, 0.2) is 6.33 Å². The molecule has 0 aliphatic heterocycles. The standard InChI is InChI=1S/C13H18N4O/c1-9-7-10-11(14)3-2-4-12(10)17(9)6-5-13-15-8-16-18-13/h7-8,11H,2-6,14H2,1H3. The van der Waals surface area contributed by atoms with Crippen molar-refractivity contribution < 1.29 is 4.52 Å².